The minimum absolute atomic E-state index is 0. The molecule has 0 aliphatic heterocycles. The van der Waals surface area contributed by atoms with E-state index in [-0.39, 0.29) is 36.6 Å². The topological polar surface area (TPSA) is 45.2 Å². The molecule has 0 aliphatic rings. The van der Waals surface area contributed by atoms with Crippen molar-refractivity contribution >= 4 is 42.1 Å². The lowest BCUT2D eigenvalue weighted by Crippen LogP contribution is -2.35. The number of hydrogen-bond donors (Lipinski definition) is 1. The van der Waals surface area contributed by atoms with Crippen LogP contribution in [0.5, 0.6) is 0 Å². The highest BCUT2D eigenvalue weighted by atomic mass is 35.5. The highest BCUT2D eigenvalue weighted by Crippen LogP contribution is 2.14. The van der Waals surface area contributed by atoms with Crippen molar-refractivity contribution in [1.82, 2.24) is 15.2 Å². The highest BCUT2D eigenvalue weighted by molar-refractivity contribution is 7.11. The average molecular weight is 314 g/mol. The van der Waals surface area contributed by atoms with Gasteiger partial charge in [-0.2, -0.15) is 0 Å². The molecule has 1 rings (SSSR count). The third-order valence-corrected chi connectivity index (χ3v) is 3.27. The van der Waals surface area contributed by atoms with Crippen molar-refractivity contribution in [3.05, 3.63) is 16.1 Å². The van der Waals surface area contributed by atoms with Gasteiger partial charge in [0.05, 0.1) is 11.6 Å². The van der Waals surface area contributed by atoms with E-state index in [2.05, 4.69) is 10.3 Å². The number of halogens is 2. The number of rotatable bonds is 5. The largest absolute Gasteiger partial charge is 0.340 e. The lowest BCUT2D eigenvalue weighted by molar-refractivity contribution is -0.134. The maximum absolute atomic E-state index is 11.9. The Hall–Kier alpha value is -0.360. The summed E-state index contributed by atoms with van der Waals surface area (Å²) in [7, 11) is 3.69. The van der Waals surface area contributed by atoms with Crippen LogP contribution in [0, 0.1) is 12.8 Å². The second kappa shape index (κ2) is 9.55. The zero-order valence-electron chi connectivity index (χ0n) is 11.1. The van der Waals surface area contributed by atoms with Gasteiger partial charge in [-0.15, -0.1) is 36.2 Å². The van der Waals surface area contributed by atoms with Crippen LogP contribution in [0.4, 0.5) is 0 Å². The normalized spacial score (nSPS) is 11.1. The van der Waals surface area contributed by atoms with E-state index in [9.17, 15) is 4.79 Å². The minimum atomic E-state index is 0. The highest BCUT2D eigenvalue weighted by Gasteiger charge is 2.17. The average Bonchev–Trinajstić information content (AvgIpc) is 2.63. The van der Waals surface area contributed by atoms with E-state index >= 15 is 0 Å². The third kappa shape index (κ3) is 6.00. The van der Waals surface area contributed by atoms with E-state index in [0.717, 1.165) is 9.88 Å². The number of aromatic nitrogens is 1. The monoisotopic (exact) mass is 313 g/mol. The molecule has 0 aliphatic carbocycles. The summed E-state index contributed by atoms with van der Waals surface area (Å²) in [6, 6.07) is 0. The molecule has 1 amide bonds. The summed E-state index contributed by atoms with van der Waals surface area (Å²) < 4.78 is 0. The Kier molecular flexibility index (Phi) is 10.6. The molecule has 0 radical (unpaired) electrons. The molecule has 1 atom stereocenters. The van der Waals surface area contributed by atoms with Gasteiger partial charge >= 0.3 is 0 Å². The van der Waals surface area contributed by atoms with Gasteiger partial charge in [0, 0.05) is 30.6 Å². The van der Waals surface area contributed by atoms with Gasteiger partial charge in [-0.05, 0) is 14.0 Å². The summed E-state index contributed by atoms with van der Waals surface area (Å²) in [4.78, 5) is 19.0. The van der Waals surface area contributed by atoms with E-state index in [4.69, 9.17) is 0 Å². The molecule has 1 heterocycles. The molecule has 0 fully saturated rings. The second-order valence-electron chi connectivity index (χ2n) is 4.00. The van der Waals surface area contributed by atoms with Gasteiger partial charge < -0.3 is 10.2 Å². The summed E-state index contributed by atoms with van der Waals surface area (Å²) in [5, 5.41) is 4.05. The predicted molar refractivity (Wildman–Crippen MR) is 80.9 cm³/mol. The molecule has 0 bridgehead atoms. The Morgan fingerprint density at radius 3 is 2.61 bits per heavy atom. The van der Waals surface area contributed by atoms with E-state index in [1.54, 1.807) is 16.2 Å². The molecule has 18 heavy (non-hydrogen) atoms. The SMILES string of the molecule is CNCC(C)C(=O)N(C)Cc1cnc(C)s1.Cl.Cl. The van der Waals surface area contributed by atoms with Gasteiger partial charge in [-0.1, -0.05) is 6.92 Å². The Morgan fingerprint density at radius 2 is 2.17 bits per heavy atom. The predicted octanol–water partition coefficient (Wildman–Crippen LogP) is 2.11. The molecule has 0 spiro atoms. The van der Waals surface area contributed by atoms with Crippen LogP contribution < -0.4 is 5.32 Å². The van der Waals surface area contributed by atoms with Crippen molar-refractivity contribution in [2.45, 2.75) is 20.4 Å². The van der Waals surface area contributed by atoms with Gasteiger partial charge in [-0.25, -0.2) is 4.98 Å². The Bertz CT molecular complexity index is 360. The Labute approximate surface area is 125 Å². The lowest BCUT2D eigenvalue weighted by Gasteiger charge is -2.20. The molecule has 0 saturated carbocycles. The minimum Gasteiger partial charge on any atom is -0.340 e. The van der Waals surface area contributed by atoms with Crippen LogP contribution in [0.3, 0.4) is 0 Å². The van der Waals surface area contributed by atoms with Crippen molar-refractivity contribution in [2.24, 2.45) is 5.92 Å². The van der Waals surface area contributed by atoms with Gasteiger partial charge in [0.15, 0.2) is 0 Å². The van der Waals surface area contributed by atoms with Crippen LogP contribution in [0.15, 0.2) is 6.20 Å². The van der Waals surface area contributed by atoms with Crippen molar-refractivity contribution in [3.8, 4) is 0 Å². The molecular formula is C11H21Cl2N3OS. The number of aryl methyl sites for hydroxylation is 1. The van der Waals surface area contributed by atoms with Crippen molar-refractivity contribution in [3.63, 3.8) is 0 Å². The second-order valence-corrected chi connectivity index (χ2v) is 5.32. The van der Waals surface area contributed by atoms with Crippen LogP contribution in [0.1, 0.15) is 16.8 Å². The van der Waals surface area contributed by atoms with Gasteiger partial charge in [0.2, 0.25) is 5.91 Å². The number of carbonyl (C=O) groups excluding carboxylic acids is 1. The van der Waals surface area contributed by atoms with Crippen LogP contribution in [0.25, 0.3) is 0 Å². The van der Waals surface area contributed by atoms with Crippen molar-refractivity contribution < 1.29 is 4.79 Å². The Balaban J connectivity index is 0. The number of hydrogen-bond acceptors (Lipinski definition) is 4. The molecule has 7 heteroatoms. The zero-order valence-corrected chi connectivity index (χ0v) is 13.5. The first-order valence-corrected chi connectivity index (χ1v) is 6.17. The zero-order chi connectivity index (χ0) is 12.1. The molecule has 1 N–H and O–H groups in total. The van der Waals surface area contributed by atoms with E-state index in [1.807, 2.05) is 34.1 Å². The van der Waals surface area contributed by atoms with Crippen LogP contribution >= 0.6 is 36.2 Å². The van der Waals surface area contributed by atoms with Crippen molar-refractivity contribution in [1.29, 1.82) is 0 Å². The molecular weight excluding hydrogens is 293 g/mol. The molecule has 4 nitrogen and oxygen atoms in total. The number of nitrogens with zero attached hydrogens (tertiary/aromatic N) is 2. The Morgan fingerprint density at radius 1 is 1.56 bits per heavy atom. The molecule has 0 saturated heterocycles. The fraction of sp³-hybridized carbons (Fsp3) is 0.636. The maximum atomic E-state index is 11.9. The molecule has 106 valence electrons. The number of thiazole rings is 1. The molecule has 1 unspecified atom stereocenters. The van der Waals surface area contributed by atoms with Gasteiger partial charge in [-0.3, -0.25) is 4.79 Å². The first-order valence-electron chi connectivity index (χ1n) is 5.35. The van der Waals surface area contributed by atoms with Gasteiger partial charge in [0.1, 0.15) is 0 Å². The first kappa shape index (κ1) is 20.0. The fourth-order valence-corrected chi connectivity index (χ4v) is 2.41. The molecule has 1 aromatic rings. The quantitative estimate of drug-likeness (QED) is 0.905. The number of nitrogens with one attached hydrogen (secondary N) is 1. The maximum Gasteiger partial charge on any atom is 0.226 e. The van der Waals surface area contributed by atoms with E-state index < -0.39 is 0 Å². The summed E-state index contributed by atoms with van der Waals surface area (Å²) in [6.45, 7) is 5.27. The molecule has 1 aromatic heterocycles. The lowest BCUT2D eigenvalue weighted by atomic mass is 10.1. The van der Waals surface area contributed by atoms with E-state index in [0.29, 0.717) is 13.1 Å². The van der Waals surface area contributed by atoms with E-state index in [1.165, 1.54) is 0 Å². The smallest absolute Gasteiger partial charge is 0.226 e. The summed E-state index contributed by atoms with van der Waals surface area (Å²) in [5.41, 5.74) is 0. The number of amides is 1. The number of carbonyl (C=O) groups is 1. The third-order valence-electron chi connectivity index (χ3n) is 2.37. The van der Waals surface area contributed by atoms with Crippen molar-refractivity contribution in [2.75, 3.05) is 20.6 Å². The van der Waals surface area contributed by atoms with Crippen LogP contribution in [-0.2, 0) is 11.3 Å². The van der Waals surface area contributed by atoms with Crippen LogP contribution in [0.2, 0.25) is 0 Å². The summed E-state index contributed by atoms with van der Waals surface area (Å²) >= 11 is 1.64. The van der Waals surface area contributed by atoms with Crippen LogP contribution in [-0.4, -0.2) is 36.4 Å². The standard InChI is InChI=1S/C11H19N3OS.2ClH/c1-8(5-12-3)11(15)14(4)7-10-6-13-9(2)16-10;;/h6,8,12H,5,7H2,1-4H3;2*1H. The summed E-state index contributed by atoms with van der Waals surface area (Å²) in [6.07, 6.45) is 1.84. The fourth-order valence-electron chi connectivity index (χ4n) is 1.56. The first-order chi connectivity index (χ1) is 7.54. The summed E-state index contributed by atoms with van der Waals surface area (Å²) in [5.74, 6) is 0.185. The van der Waals surface area contributed by atoms with Gasteiger partial charge in [0.25, 0.3) is 0 Å². The molecule has 0 aromatic carbocycles.